The lowest BCUT2D eigenvalue weighted by Gasteiger charge is -2.32. The van der Waals surface area contributed by atoms with Crippen molar-refractivity contribution in [2.45, 2.75) is 75.4 Å². The third-order valence-corrected chi connectivity index (χ3v) is 13.5. The maximum absolute atomic E-state index is 13.9. The first kappa shape index (κ1) is 54.0. The molecule has 0 bridgehead atoms. The zero-order chi connectivity index (χ0) is 51.8. The summed E-state index contributed by atoms with van der Waals surface area (Å²) in [5, 5.41) is 0. The summed E-state index contributed by atoms with van der Waals surface area (Å²) in [6.45, 7) is 9.94. The molecule has 20 nitrogen and oxygen atoms in total. The van der Waals surface area contributed by atoms with Gasteiger partial charge in [0.15, 0.2) is 29.0 Å². The van der Waals surface area contributed by atoms with Crippen LogP contribution in [0.3, 0.4) is 0 Å². The summed E-state index contributed by atoms with van der Waals surface area (Å²) in [6, 6.07) is 14.0. The zero-order valence-corrected chi connectivity index (χ0v) is 41.3. The number of Topliss-reactive ketones (excluding diaryl/α,β-unsaturated/α-hetero) is 2. The number of anilines is 2. The van der Waals surface area contributed by atoms with Crippen LogP contribution in [0, 0.1) is 11.6 Å². The van der Waals surface area contributed by atoms with Crippen molar-refractivity contribution in [2.75, 3.05) is 11.5 Å². The summed E-state index contributed by atoms with van der Waals surface area (Å²) in [4.78, 5) is 69.9. The Morgan fingerprint density at radius 3 is 1.51 bits per heavy atom. The molecule has 0 atom stereocenters. The van der Waals surface area contributed by atoms with Crippen LogP contribution in [0.25, 0.3) is 11.3 Å². The number of halogens is 3. The van der Waals surface area contributed by atoms with E-state index in [9.17, 15) is 44.8 Å². The van der Waals surface area contributed by atoms with Crippen molar-refractivity contribution < 1.29 is 54.1 Å². The van der Waals surface area contributed by atoms with Gasteiger partial charge in [0.25, 0.3) is 20.0 Å². The van der Waals surface area contributed by atoms with E-state index >= 15 is 0 Å². The maximum Gasteiger partial charge on any atom is 0.497 e. The van der Waals surface area contributed by atoms with Gasteiger partial charge in [-0.3, -0.25) is 29.1 Å². The van der Waals surface area contributed by atoms with E-state index < -0.39 is 67.6 Å². The molecule has 4 aromatic heterocycles. The average molecular weight is 1070 g/mol. The van der Waals surface area contributed by atoms with Gasteiger partial charge in [-0.05, 0) is 91.1 Å². The molecule has 1 saturated heterocycles. The normalized spacial score (nSPS) is 13.7. The van der Waals surface area contributed by atoms with E-state index in [2.05, 4.69) is 45.8 Å². The fourth-order valence-corrected chi connectivity index (χ4v) is 8.31. The van der Waals surface area contributed by atoms with Crippen LogP contribution in [0.1, 0.15) is 73.6 Å². The van der Waals surface area contributed by atoms with Crippen molar-refractivity contribution in [3.05, 3.63) is 137 Å². The van der Waals surface area contributed by atoms with Gasteiger partial charge in [0.05, 0.1) is 51.5 Å². The lowest BCUT2D eigenvalue weighted by molar-refractivity contribution is -0.118. The number of nitrogens with one attached hydrogen (secondary N) is 2. The molecule has 7 rings (SSSR count). The smallest absolute Gasteiger partial charge is 0.399 e. The number of pyridine rings is 2. The van der Waals surface area contributed by atoms with E-state index in [1.165, 1.54) is 85.6 Å². The molecule has 0 saturated carbocycles. The molecule has 0 spiro atoms. The first-order chi connectivity index (χ1) is 32.7. The van der Waals surface area contributed by atoms with Crippen LogP contribution in [-0.4, -0.2) is 88.4 Å². The maximum atomic E-state index is 13.9. The summed E-state index contributed by atoms with van der Waals surface area (Å²) in [5.74, 6) is -3.33. The lowest BCUT2D eigenvalue weighted by Crippen LogP contribution is -2.41. The van der Waals surface area contributed by atoms with Gasteiger partial charge >= 0.3 is 7.12 Å². The molecular weight excluding hydrogens is 1020 g/mol. The van der Waals surface area contributed by atoms with Crippen LogP contribution >= 0.6 is 15.9 Å². The van der Waals surface area contributed by atoms with Crippen molar-refractivity contribution in [1.82, 2.24) is 39.3 Å². The van der Waals surface area contributed by atoms with Crippen LogP contribution < -0.4 is 26.4 Å². The number of nitrogens with two attached hydrogens (primary N) is 2. The Kier molecular flexibility index (Phi) is 17.1. The number of amides is 2. The molecule has 0 unspecified atom stereocenters. The molecule has 1 aliphatic rings. The standard InChI is InChI=1S/C19H16FN5O4S.C14H13BrN4O4S.C11H15BFNO2/c1-11(26)25-30(28,29)13-4-2-12(3-5-13)8-17(27)18-19(21)23-10-16(24-18)14-6-7-22-9-15(14)20;1-8(20)19-24(22,23)10-4-2-9(3-5-10)6-11(21)13-14(16)17-7-12(15)18-13;1-10(2)11(3,4)16-12(15-10)8-5-6-14-7-9(8)13/h2-7,9-10H,8H2,1H3,(H2,21,23)(H,25,26);2-5,7H,6H2,1H3,(H2,16,17)(H,19,20);5-7H,1-4H3. The molecular formula is C44H44BBrF2N10O10S2. The number of carbonyl (C=O) groups excluding carboxylic acids is 4. The number of carbonyl (C=O) groups is 4. The first-order valence-corrected chi connectivity index (χ1v) is 24.2. The monoisotopic (exact) mass is 1060 g/mol. The van der Waals surface area contributed by atoms with Gasteiger partial charge in [0, 0.05) is 50.1 Å². The van der Waals surface area contributed by atoms with Crippen molar-refractivity contribution in [1.29, 1.82) is 0 Å². The molecule has 70 heavy (non-hydrogen) atoms. The number of nitrogens with zero attached hydrogens (tertiary/aromatic N) is 6. The van der Waals surface area contributed by atoms with Crippen LogP contribution in [0.4, 0.5) is 20.4 Å². The zero-order valence-electron chi connectivity index (χ0n) is 38.1. The van der Waals surface area contributed by atoms with Crippen LogP contribution in [-0.2, 0) is 51.8 Å². The largest absolute Gasteiger partial charge is 0.497 e. The van der Waals surface area contributed by atoms with E-state index in [0.29, 0.717) is 21.2 Å². The molecule has 26 heteroatoms. The average Bonchev–Trinajstić information content (AvgIpc) is 3.50. The van der Waals surface area contributed by atoms with Crippen molar-refractivity contribution in [3.8, 4) is 11.3 Å². The Morgan fingerprint density at radius 2 is 1.07 bits per heavy atom. The molecule has 2 amide bonds. The SMILES string of the molecule is CC(=O)NS(=O)(=O)c1ccc(CC(=O)c2nc(-c3ccncc3F)cnc2N)cc1.CC(=O)NS(=O)(=O)c1ccc(CC(=O)c2nc(Br)cnc2N)cc1.CC1(C)OB(c2ccncc2F)OC1(C)C. The Bertz CT molecular complexity index is 3160. The highest BCUT2D eigenvalue weighted by Gasteiger charge is 2.52. The van der Waals surface area contributed by atoms with Gasteiger partial charge in [-0.2, -0.15) is 0 Å². The molecule has 0 aliphatic carbocycles. The van der Waals surface area contributed by atoms with Crippen LogP contribution in [0.5, 0.6) is 0 Å². The number of hydrogen-bond acceptors (Lipinski definition) is 18. The first-order valence-electron chi connectivity index (χ1n) is 20.5. The summed E-state index contributed by atoms with van der Waals surface area (Å²) in [5.41, 5.74) is 12.1. The molecule has 366 valence electrons. The fraction of sp³-hybridized carbons (Fsp3) is 0.227. The summed E-state index contributed by atoms with van der Waals surface area (Å²) >= 11 is 3.12. The van der Waals surface area contributed by atoms with Gasteiger partial charge < -0.3 is 20.8 Å². The van der Waals surface area contributed by atoms with Gasteiger partial charge in [-0.1, -0.05) is 24.3 Å². The van der Waals surface area contributed by atoms with E-state index in [-0.39, 0.29) is 62.7 Å². The third-order valence-electron chi connectivity index (χ3n) is 10.2. The predicted octanol–water partition coefficient (Wildman–Crippen LogP) is 4.10. The fourth-order valence-electron chi connectivity index (χ4n) is 6.05. The number of aromatic nitrogens is 6. The van der Waals surface area contributed by atoms with Crippen molar-refractivity contribution in [2.24, 2.45) is 0 Å². The minimum atomic E-state index is -3.97. The number of benzene rings is 2. The quantitative estimate of drug-likeness (QED) is 0.0990. The highest BCUT2D eigenvalue weighted by atomic mass is 79.9. The predicted molar refractivity (Wildman–Crippen MR) is 255 cm³/mol. The third kappa shape index (κ3) is 13.8. The molecule has 5 heterocycles. The highest BCUT2D eigenvalue weighted by molar-refractivity contribution is 9.10. The molecule has 2 aromatic carbocycles. The second-order valence-electron chi connectivity index (χ2n) is 16.1. The molecule has 0 radical (unpaired) electrons. The van der Waals surface area contributed by atoms with Crippen LogP contribution in [0.15, 0.2) is 112 Å². The lowest BCUT2D eigenvalue weighted by atomic mass is 9.79. The summed E-state index contributed by atoms with van der Waals surface area (Å²) < 4.78 is 90.7. The second-order valence-corrected chi connectivity index (χ2v) is 20.2. The molecule has 1 aliphatic heterocycles. The number of ketones is 2. The number of hydrogen-bond donors (Lipinski definition) is 4. The van der Waals surface area contributed by atoms with Gasteiger partial charge in [-0.15, -0.1) is 0 Å². The summed E-state index contributed by atoms with van der Waals surface area (Å²) in [7, 11) is -8.53. The van der Waals surface area contributed by atoms with Crippen molar-refractivity contribution >= 4 is 83.6 Å². The molecule has 6 N–H and O–H groups in total. The Morgan fingerprint density at radius 1 is 0.643 bits per heavy atom. The van der Waals surface area contributed by atoms with Crippen LogP contribution in [0.2, 0.25) is 0 Å². The van der Waals surface area contributed by atoms with Gasteiger partial charge in [0.1, 0.15) is 21.8 Å². The van der Waals surface area contributed by atoms with Gasteiger partial charge in [-0.25, -0.2) is 55.0 Å². The number of nitrogen functional groups attached to an aromatic ring is 2. The Labute approximate surface area is 409 Å². The molecule has 1 fully saturated rings. The minimum Gasteiger partial charge on any atom is -0.399 e. The molecule has 6 aromatic rings. The van der Waals surface area contributed by atoms with E-state index in [4.69, 9.17) is 20.8 Å². The summed E-state index contributed by atoms with van der Waals surface area (Å²) in [6.07, 6.45) is 7.58. The second kappa shape index (κ2) is 22.2. The van der Waals surface area contributed by atoms with E-state index in [1.807, 2.05) is 37.1 Å². The number of sulfonamides is 2. The Hall–Kier alpha value is -7.00. The number of rotatable bonds is 12. The topological polar surface area (TPSA) is 308 Å². The van der Waals surface area contributed by atoms with E-state index in [1.54, 1.807) is 6.07 Å². The van der Waals surface area contributed by atoms with Crippen molar-refractivity contribution in [3.63, 3.8) is 0 Å². The van der Waals surface area contributed by atoms with E-state index in [0.717, 1.165) is 20.0 Å². The van der Waals surface area contributed by atoms with Gasteiger partial charge in [0.2, 0.25) is 11.8 Å². The Balaban J connectivity index is 0.000000205. The minimum absolute atomic E-state index is 0.0181. The highest BCUT2D eigenvalue weighted by Crippen LogP contribution is 2.36.